The van der Waals surface area contributed by atoms with E-state index in [1.807, 2.05) is 81.0 Å². The minimum atomic E-state index is -0.225. The number of guanidine groups is 1. The summed E-state index contributed by atoms with van der Waals surface area (Å²) in [6.45, 7) is 11.8. The highest BCUT2D eigenvalue weighted by atomic mass is 16.5. The minimum Gasteiger partial charge on any atom is -0.492 e. The molecule has 0 saturated carbocycles. The summed E-state index contributed by atoms with van der Waals surface area (Å²) in [7, 11) is 0. The number of nitrogens with one attached hydrogen (secondary N) is 2. The largest absolute Gasteiger partial charge is 0.492 e. The van der Waals surface area contributed by atoms with Gasteiger partial charge in [0.15, 0.2) is 0 Å². The van der Waals surface area contributed by atoms with Gasteiger partial charge in [-0.05, 0) is 69.5 Å². The molecule has 0 aliphatic carbocycles. The van der Waals surface area contributed by atoms with Crippen LogP contribution in [0.3, 0.4) is 0 Å². The van der Waals surface area contributed by atoms with Gasteiger partial charge < -0.3 is 10.1 Å². The summed E-state index contributed by atoms with van der Waals surface area (Å²) in [6.07, 6.45) is 3.02. The van der Waals surface area contributed by atoms with E-state index in [0.29, 0.717) is 30.4 Å². The lowest BCUT2D eigenvalue weighted by Crippen LogP contribution is -2.36. The van der Waals surface area contributed by atoms with Crippen LogP contribution in [-0.4, -0.2) is 28.3 Å². The van der Waals surface area contributed by atoms with Crippen LogP contribution in [0.2, 0.25) is 0 Å². The number of rotatable bonds is 8. The molecule has 0 aliphatic rings. The maximum Gasteiger partial charge on any atom is 0.257 e. The number of amides is 1. The molecule has 174 valence electrons. The maximum atomic E-state index is 13.0. The van der Waals surface area contributed by atoms with E-state index in [-0.39, 0.29) is 5.91 Å². The van der Waals surface area contributed by atoms with Crippen LogP contribution < -0.4 is 15.4 Å². The fourth-order valence-corrected chi connectivity index (χ4v) is 3.37. The smallest absolute Gasteiger partial charge is 0.257 e. The van der Waals surface area contributed by atoms with Gasteiger partial charge in [0, 0.05) is 23.9 Å². The van der Waals surface area contributed by atoms with Crippen molar-refractivity contribution < 1.29 is 9.53 Å². The zero-order valence-electron chi connectivity index (χ0n) is 20.1. The van der Waals surface area contributed by atoms with Crippen LogP contribution >= 0.6 is 0 Å². The van der Waals surface area contributed by atoms with Crippen LogP contribution in [0.25, 0.3) is 0 Å². The van der Waals surface area contributed by atoms with Crippen molar-refractivity contribution in [3.05, 3.63) is 76.6 Å². The molecule has 1 amide bonds. The zero-order chi connectivity index (χ0) is 23.8. The van der Waals surface area contributed by atoms with Gasteiger partial charge in [-0.25, -0.2) is 4.99 Å². The van der Waals surface area contributed by atoms with Crippen molar-refractivity contribution >= 4 is 17.6 Å². The predicted molar refractivity (Wildman–Crippen MR) is 133 cm³/mol. The Morgan fingerprint density at radius 1 is 1.09 bits per heavy atom. The number of para-hydroxylation sites is 2. The number of nitrogens with zero attached hydrogens (tertiary/aromatic N) is 3. The quantitative estimate of drug-likeness (QED) is 0.375. The fourth-order valence-electron chi connectivity index (χ4n) is 3.37. The van der Waals surface area contributed by atoms with Crippen LogP contribution in [0.5, 0.6) is 5.75 Å². The van der Waals surface area contributed by atoms with Gasteiger partial charge >= 0.3 is 0 Å². The third kappa shape index (κ3) is 6.44. The summed E-state index contributed by atoms with van der Waals surface area (Å²) < 4.78 is 7.66. The monoisotopic (exact) mass is 447 g/mol. The summed E-state index contributed by atoms with van der Waals surface area (Å²) in [5.41, 5.74) is 5.47. The van der Waals surface area contributed by atoms with Crippen molar-refractivity contribution in [2.75, 3.05) is 11.9 Å². The number of ether oxygens (including phenoxy) is 1. The molecule has 7 heteroatoms. The minimum absolute atomic E-state index is 0.225. The van der Waals surface area contributed by atoms with Crippen molar-refractivity contribution in [1.82, 2.24) is 15.1 Å². The topological polar surface area (TPSA) is 80.5 Å². The first kappa shape index (κ1) is 24.0. The van der Waals surface area contributed by atoms with Gasteiger partial charge in [0.05, 0.1) is 24.5 Å². The average Bonchev–Trinajstić information content (AvgIpc) is 3.14. The second kappa shape index (κ2) is 11.3. The number of carbonyl (C=O) groups excluding carboxylic acids is 1. The van der Waals surface area contributed by atoms with E-state index in [0.717, 1.165) is 41.0 Å². The number of aryl methyl sites for hydroxylation is 4. The number of aromatic nitrogens is 2. The van der Waals surface area contributed by atoms with Crippen LogP contribution in [-0.2, 0) is 13.1 Å². The van der Waals surface area contributed by atoms with E-state index in [1.165, 1.54) is 0 Å². The van der Waals surface area contributed by atoms with Crippen molar-refractivity contribution in [2.45, 2.75) is 54.1 Å². The molecule has 3 aromatic rings. The van der Waals surface area contributed by atoms with Crippen molar-refractivity contribution in [1.29, 1.82) is 0 Å². The molecular weight excluding hydrogens is 414 g/mol. The van der Waals surface area contributed by atoms with Crippen LogP contribution in [0.1, 0.15) is 53.0 Å². The standard InChI is InChI=1S/C26H33N5O2/c1-6-14-31-17-22(20(5)30-31)16-27-26(28-23-10-8-9-11-24(23)33-7-2)29-25(32)21-13-12-18(3)19(4)15-21/h8-13,15,17H,6-7,14,16H2,1-5H3,(H2,27,28,29,32). The molecular formula is C26H33N5O2. The van der Waals surface area contributed by atoms with Crippen molar-refractivity contribution in [3.63, 3.8) is 0 Å². The number of hydrogen-bond acceptors (Lipinski definition) is 4. The normalized spacial score (nSPS) is 11.4. The van der Waals surface area contributed by atoms with Gasteiger partial charge in [0.2, 0.25) is 5.96 Å². The number of hydrogen-bond donors (Lipinski definition) is 2. The Balaban J connectivity index is 1.87. The molecule has 2 N–H and O–H groups in total. The van der Waals surface area contributed by atoms with E-state index < -0.39 is 0 Å². The lowest BCUT2D eigenvalue weighted by molar-refractivity contribution is 0.0976. The second-order valence-electron chi connectivity index (χ2n) is 7.97. The second-order valence-corrected chi connectivity index (χ2v) is 7.97. The molecule has 7 nitrogen and oxygen atoms in total. The molecule has 0 spiro atoms. The lowest BCUT2D eigenvalue weighted by Gasteiger charge is -2.15. The molecule has 0 unspecified atom stereocenters. The third-order valence-electron chi connectivity index (χ3n) is 5.35. The number of aliphatic imine (C=N–C) groups is 1. The Morgan fingerprint density at radius 2 is 1.88 bits per heavy atom. The van der Waals surface area contributed by atoms with E-state index in [1.54, 1.807) is 0 Å². The van der Waals surface area contributed by atoms with Gasteiger partial charge in [-0.15, -0.1) is 0 Å². The highest BCUT2D eigenvalue weighted by Crippen LogP contribution is 2.23. The molecule has 0 atom stereocenters. The van der Waals surface area contributed by atoms with E-state index >= 15 is 0 Å². The molecule has 1 heterocycles. The van der Waals surface area contributed by atoms with Crippen LogP contribution in [0.15, 0.2) is 53.7 Å². The fraction of sp³-hybridized carbons (Fsp3) is 0.346. The van der Waals surface area contributed by atoms with Gasteiger partial charge in [0.25, 0.3) is 5.91 Å². The average molecular weight is 448 g/mol. The summed E-state index contributed by atoms with van der Waals surface area (Å²) in [5.74, 6) is 0.824. The highest BCUT2D eigenvalue weighted by molar-refractivity contribution is 6.10. The van der Waals surface area contributed by atoms with E-state index in [9.17, 15) is 4.79 Å². The molecule has 3 rings (SSSR count). The number of carbonyl (C=O) groups is 1. The highest BCUT2D eigenvalue weighted by Gasteiger charge is 2.13. The number of benzene rings is 2. The molecule has 0 bridgehead atoms. The zero-order valence-corrected chi connectivity index (χ0v) is 20.1. The third-order valence-corrected chi connectivity index (χ3v) is 5.35. The first-order valence-corrected chi connectivity index (χ1v) is 11.4. The van der Waals surface area contributed by atoms with Gasteiger partial charge in [-0.2, -0.15) is 5.10 Å². The lowest BCUT2D eigenvalue weighted by atomic mass is 10.1. The molecule has 0 radical (unpaired) electrons. The Hall–Kier alpha value is -3.61. The summed E-state index contributed by atoms with van der Waals surface area (Å²) >= 11 is 0. The molecule has 0 saturated heterocycles. The summed E-state index contributed by atoms with van der Waals surface area (Å²) in [4.78, 5) is 17.7. The van der Waals surface area contributed by atoms with Crippen LogP contribution in [0, 0.1) is 20.8 Å². The van der Waals surface area contributed by atoms with Gasteiger partial charge in [-0.3, -0.25) is 14.8 Å². The van der Waals surface area contributed by atoms with Gasteiger partial charge in [-0.1, -0.05) is 25.1 Å². The molecule has 33 heavy (non-hydrogen) atoms. The van der Waals surface area contributed by atoms with Crippen LogP contribution in [0.4, 0.5) is 5.69 Å². The summed E-state index contributed by atoms with van der Waals surface area (Å²) in [6, 6.07) is 13.3. The maximum absolute atomic E-state index is 13.0. The first-order chi connectivity index (χ1) is 15.9. The first-order valence-electron chi connectivity index (χ1n) is 11.4. The van der Waals surface area contributed by atoms with Crippen molar-refractivity contribution in [3.8, 4) is 5.75 Å². The molecule has 0 aliphatic heterocycles. The molecule has 0 fully saturated rings. The van der Waals surface area contributed by atoms with E-state index in [2.05, 4.69) is 22.7 Å². The van der Waals surface area contributed by atoms with Gasteiger partial charge in [0.1, 0.15) is 5.75 Å². The number of anilines is 1. The molecule has 1 aromatic heterocycles. The SMILES string of the molecule is CCCn1cc(CN=C(NC(=O)c2ccc(C)c(C)c2)Nc2ccccc2OCC)c(C)n1. The summed E-state index contributed by atoms with van der Waals surface area (Å²) in [5, 5.41) is 10.7. The van der Waals surface area contributed by atoms with Crippen molar-refractivity contribution in [2.24, 2.45) is 4.99 Å². The molecule has 2 aromatic carbocycles. The Kier molecular flexibility index (Phi) is 8.24. The Labute approximate surface area is 195 Å². The van der Waals surface area contributed by atoms with E-state index in [4.69, 9.17) is 9.73 Å². The Morgan fingerprint density at radius 3 is 2.61 bits per heavy atom. The predicted octanol–water partition coefficient (Wildman–Crippen LogP) is 5.02. The Bertz CT molecular complexity index is 1130.